The van der Waals surface area contributed by atoms with Crippen LogP contribution in [0.4, 0.5) is 13.2 Å². The number of benzene rings is 1. The molecule has 174 valence electrons. The summed E-state index contributed by atoms with van der Waals surface area (Å²) in [6.45, 7) is 3.82. The van der Waals surface area contributed by atoms with Crippen molar-refractivity contribution in [1.29, 1.82) is 0 Å². The second kappa shape index (κ2) is 12.4. The fourth-order valence-corrected chi connectivity index (χ4v) is 3.48. The fourth-order valence-electron chi connectivity index (χ4n) is 3.48. The molecule has 0 saturated carbocycles. The van der Waals surface area contributed by atoms with Gasteiger partial charge in [-0.15, -0.1) is 0 Å². The van der Waals surface area contributed by atoms with Crippen molar-refractivity contribution in [1.82, 2.24) is 15.5 Å². The number of likely N-dealkylation sites (tertiary alicyclic amines) is 1. The van der Waals surface area contributed by atoms with Crippen LogP contribution < -0.4 is 21.1 Å². The van der Waals surface area contributed by atoms with Crippen LogP contribution in [0.3, 0.4) is 0 Å². The molecular weight excluding hydrogens is 411 g/mol. The lowest BCUT2D eigenvalue weighted by Gasteiger charge is -2.32. The minimum Gasteiger partial charge on any atom is -0.484 e. The smallest absolute Gasteiger partial charge is 0.401 e. The van der Waals surface area contributed by atoms with Crippen LogP contribution in [0.1, 0.15) is 31.7 Å². The van der Waals surface area contributed by atoms with Crippen molar-refractivity contribution in [2.75, 3.05) is 39.3 Å². The highest BCUT2D eigenvalue weighted by Crippen LogP contribution is 2.24. The average molecular weight is 444 g/mol. The molecule has 1 saturated heterocycles. The highest BCUT2D eigenvalue weighted by Gasteiger charge is 2.32. The van der Waals surface area contributed by atoms with Crippen LogP contribution in [-0.4, -0.2) is 62.3 Å². The van der Waals surface area contributed by atoms with Gasteiger partial charge in [-0.3, -0.25) is 9.69 Å². The summed E-state index contributed by atoms with van der Waals surface area (Å²) in [7, 11) is 0. The number of amides is 1. The van der Waals surface area contributed by atoms with Crippen LogP contribution in [-0.2, 0) is 11.3 Å². The first kappa shape index (κ1) is 24.8. The van der Waals surface area contributed by atoms with Gasteiger partial charge in [-0.25, -0.2) is 4.99 Å². The van der Waals surface area contributed by atoms with Crippen LogP contribution in [0.25, 0.3) is 0 Å². The maximum Gasteiger partial charge on any atom is 0.401 e. The second-order valence-electron chi connectivity index (χ2n) is 7.65. The molecule has 1 amide bonds. The molecule has 0 aliphatic carbocycles. The SMILES string of the molecule is CCNC(=NCc1cccc(OCC(N)=O)c1)NCCC1CCN(CC(F)(F)F)CC1. The number of nitrogens with two attached hydrogens (primary N) is 1. The molecule has 1 fully saturated rings. The monoisotopic (exact) mass is 443 g/mol. The van der Waals surface area contributed by atoms with E-state index < -0.39 is 18.6 Å². The van der Waals surface area contributed by atoms with Gasteiger partial charge in [0.1, 0.15) is 5.75 Å². The number of nitrogens with zero attached hydrogens (tertiary/aromatic N) is 2. The second-order valence-corrected chi connectivity index (χ2v) is 7.65. The summed E-state index contributed by atoms with van der Waals surface area (Å²) in [6.07, 6.45) is -1.67. The summed E-state index contributed by atoms with van der Waals surface area (Å²) in [4.78, 5) is 16.9. The molecule has 31 heavy (non-hydrogen) atoms. The number of rotatable bonds is 10. The predicted molar refractivity (Wildman–Crippen MR) is 114 cm³/mol. The summed E-state index contributed by atoms with van der Waals surface area (Å²) in [5, 5.41) is 6.49. The summed E-state index contributed by atoms with van der Waals surface area (Å²) >= 11 is 0. The molecule has 1 aliphatic rings. The number of alkyl halides is 3. The Bertz CT molecular complexity index is 719. The number of halogens is 3. The summed E-state index contributed by atoms with van der Waals surface area (Å²) in [5.41, 5.74) is 6.02. The van der Waals surface area contributed by atoms with Gasteiger partial charge in [0.2, 0.25) is 0 Å². The van der Waals surface area contributed by atoms with E-state index in [1.54, 1.807) is 6.07 Å². The van der Waals surface area contributed by atoms with Crippen molar-refractivity contribution in [2.45, 2.75) is 38.9 Å². The van der Waals surface area contributed by atoms with Crippen molar-refractivity contribution in [3.63, 3.8) is 0 Å². The van der Waals surface area contributed by atoms with E-state index >= 15 is 0 Å². The molecule has 7 nitrogen and oxygen atoms in total. The van der Waals surface area contributed by atoms with E-state index in [9.17, 15) is 18.0 Å². The Kier molecular flexibility index (Phi) is 9.90. The van der Waals surface area contributed by atoms with E-state index in [0.717, 1.165) is 24.8 Å². The molecule has 0 bridgehead atoms. The Labute approximate surface area is 181 Å². The van der Waals surface area contributed by atoms with Crippen LogP contribution in [0, 0.1) is 5.92 Å². The predicted octanol–water partition coefficient (Wildman–Crippen LogP) is 2.27. The molecule has 0 unspecified atom stereocenters. The Morgan fingerprint density at radius 3 is 2.68 bits per heavy atom. The Morgan fingerprint density at radius 1 is 1.29 bits per heavy atom. The molecule has 4 N–H and O–H groups in total. The molecular formula is C21H32F3N5O2. The van der Waals surface area contributed by atoms with E-state index in [2.05, 4.69) is 15.6 Å². The number of carbonyl (C=O) groups is 1. The quantitative estimate of drug-likeness (QED) is 0.381. The molecule has 0 spiro atoms. The molecule has 0 atom stereocenters. The lowest BCUT2D eigenvalue weighted by atomic mass is 9.93. The maximum absolute atomic E-state index is 12.5. The number of ether oxygens (including phenoxy) is 1. The van der Waals surface area contributed by atoms with Crippen molar-refractivity contribution in [3.05, 3.63) is 29.8 Å². The van der Waals surface area contributed by atoms with E-state index in [1.165, 1.54) is 4.90 Å². The fraction of sp³-hybridized carbons (Fsp3) is 0.619. The molecule has 0 radical (unpaired) electrons. The molecule has 1 aromatic carbocycles. The number of primary amides is 1. The highest BCUT2D eigenvalue weighted by atomic mass is 19.4. The first-order chi connectivity index (χ1) is 14.7. The lowest BCUT2D eigenvalue weighted by molar-refractivity contribution is -0.148. The third kappa shape index (κ3) is 10.4. The Balaban J connectivity index is 1.77. The van der Waals surface area contributed by atoms with Crippen molar-refractivity contribution >= 4 is 11.9 Å². The number of guanidine groups is 1. The van der Waals surface area contributed by atoms with Gasteiger partial charge in [0.15, 0.2) is 12.6 Å². The standard InChI is InChI=1S/C21H32F3N5O2/c1-2-26-20(28-13-17-4-3-5-18(12-17)31-14-19(25)30)27-9-6-16-7-10-29(11-8-16)15-21(22,23)24/h3-5,12,16H,2,6-11,13-15H2,1H3,(H2,25,30)(H2,26,27,28). The molecule has 1 aromatic rings. The largest absolute Gasteiger partial charge is 0.484 e. The number of carbonyl (C=O) groups excluding carboxylic acids is 1. The van der Waals surface area contributed by atoms with Crippen LogP contribution in [0.5, 0.6) is 5.75 Å². The minimum atomic E-state index is -4.13. The average Bonchev–Trinajstić information content (AvgIpc) is 2.71. The van der Waals surface area contributed by atoms with E-state index in [-0.39, 0.29) is 6.61 Å². The summed E-state index contributed by atoms with van der Waals surface area (Å²) in [6, 6.07) is 7.30. The lowest BCUT2D eigenvalue weighted by Crippen LogP contribution is -2.41. The zero-order valence-electron chi connectivity index (χ0n) is 17.9. The number of hydrogen-bond acceptors (Lipinski definition) is 4. The van der Waals surface area contributed by atoms with Crippen molar-refractivity contribution < 1.29 is 22.7 Å². The summed E-state index contributed by atoms with van der Waals surface area (Å²) < 4.78 is 42.8. The topological polar surface area (TPSA) is 92.0 Å². The van der Waals surface area contributed by atoms with Gasteiger partial charge in [0.25, 0.3) is 5.91 Å². The molecule has 2 rings (SSSR count). The van der Waals surface area contributed by atoms with Gasteiger partial charge in [-0.05, 0) is 62.9 Å². The third-order valence-corrected chi connectivity index (χ3v) is 5.00. The van der Waals surface area contributed by atoms with Crippen molar-refractivity contribution in [2.24, 2.45) is 16.6 Å². The van der Waals surface area contributed by atoms with Crippen LogP contribution >= 0.6 is 0 Å². The molecule has 10 heteroatoms. The van der Waals surface area contributed by atoms with E-state index in [0.29, 0.717) is 50.4 Å². The zero-order valence-corrected chi connectivity index (χ0v) is 17.9. The van der Waals surface area contributed by atoms with Gasteiger partial charge in [0.05, 0.1) is 13.1 Å². The Hall–Kier alpha value is -2.49. The van der Waals surface area contributed by atoms with E-state index in [4.69, 9.17) is 10.5 Å². The number of nitrogens with one attached hydrogen (secondary N) is 2. The number of piperidine rings is 1. The maximum atomic E-state index is 12.5. The van der Waals surface area contributed by atoms with E-state index in [1.807, 2.05) is 25.1 Å². The van der Waals surface area contributed by atoms with Crippen LogP contribution in [0.15, 0.2) is 29.3 Å². The van der Waals surface area contributed by atoms with Gasteiger partial charge in [-0.1, -0.05) is 12.1 Å². The number of hydrogen-bond donors (Lipinski definition) is 3. The third-order valence-electron chi connectivity index (χ3n) is 5.00. The van der Waals surface area contributed by atoms with Gasteiger partial charge < -0.3 is 21.1 Å². The molecule has 1 heterocycles. The van der Waals surface area contributed by atoms with Gasteiger partial charge in [-0.2, -0.15) is 13.2 Å². The normalized spacial score (nSPS) is 16.2. The van der Waals surface area contributed by atoms with Crippen LogP contribution in [0.2, 0.25) is 0 Å². The van der Waals surface area contributed by atoms with Crippen molar-refractivity contribution in [3.8, 4) is 5.75 Å². The van der Waals surface area contributed by atoms with Gasteiger partial charge in [0, 0.05) is 13.1 Å². The van der Waals surface area contributed by atoms with Gasteiger partial charge >= 0.3 is 6.18 Å². The molecule has 1 aliphatic heterocycles. The first-order valence-corrected chi connectivity index (χ1v) is 10.6. The first-order valence-electron chi connectivity index (χ1n) is 10.6. The molecule has 0 aromatic heterocycles. The summed E-state index contributed by atoms with van der Waals surface area (Å²) in [5.74, 6) is 1.12. The number of aliphatic imine (C=N–C) groups is 1. The minimum absolute atomic E-state index is 0.175. The zero-order chi connectivity index (χ0) is 22.7. The highest BCUT2D eigenvalue weighted by molar-refractivity contribution is 5.79. The Morgan fingerprint density at radius 2 is 2.03 bits per heavy atom.